The van der Waals surface area contributed by atoms with Crippen LogP contribution in [0.2, 0.25) is 0 Å². The summed E-state index contributed by atoms with van der Waals surface area (Å²) in [5.74, 6) is 0.333. The molecule has 84 valence electrons. The first-order valence-corrected chi connectivity index (χ1v) is 5.62. The molecule has 0 spiro atoms. The minimum absolute atomic E-state index is 0.333. The molecule has 2 heteroatoms. The summed E-state index contributed by atoms with van der Waals surface area (Å²) in [5.41, 5.74) is 4.17. The highest BCUT2D eigenvalue weighted by molar-refractivity contribution is 5.92. The Bertz CT molecular complexity index is 668. The normalized spacial score (nSPS) is 10.9. The molecule has 2 N–H and O–H groups in total. The van der Waals surface area contributed by atoms with Crippen molar-refractivity contribution in [1.82, 2.24) is 4.98 Å². The summed E-state index contributed by atoms with van der Waals surface area (Å²) >= 11 is 0. The predicted octanol–water partition coefficient (Wildman–Crippen LogP) is 3.85. The number of hydrogen-bond donors (Lipinski definition) is 2. The molecule has 0 bridgehead atoms. The number of aromatic amines is 1. The zero-order chi connectivity index (χ0) is 11.8. The van der Waals surface area contributed by atoms with Crippen LogP contribution in [0.5, 0.6) is 5.75 Å². The van der Waals surface area contributed by atoms with Crippen LogP contribution in [0.15, 0.2) is 48.7 Å². The number of fused-ring (bicyclic) bond motifs is 1. The first-order valence-electron chi connectivity index (χ1n) is 5.62. The van der Waals surface area contributed by atoms with Gasteiger partial charge in [0.2, 0.25) is 0 Å². The van der Waals surface area contributed by atoms with Crippen molar-refractivity contribution in [2.24, 2.45) is 0 Å². The molecule has 0 atom stereocenters. The van der Waals surface area contributed by atoms with Gasteiger partial charge in [-0.3, -0.25) is 0 Å². The molecule has 0 unspecified atom stereocenters. The van der Waals surface area contributed by atoms with Gasteiger partial charge in [0.1, 0.15) is 5.75 Å². The van der Waals surface area contributed by atoms with E-state index in [9.17, 15) is 5.11 Å². The summed E-state index contributed by atoms with van der Waals surface area (Å²) < 4.78 is 0. The van der Waals surface area contributed by atoms with Crippen molar-refractivity contribution in [3.63, 3.8) is 0 Å². The maximum absolute atomic E-state index is 10.1. The van der Waals surface area contributed by atoms with Gasteiger partial charge in [0.05, 0.1) is 0 Å². The van der Waals surface area contributed by atoms with Crippen LogP contribution in [0.3, 0.4) is 0 Å². The summed E-state index contributed by atoms with van der Waals surface area (Å²) in [4.78, 5) is 3.18. The highest BCUT2D eigenvalue weighted by Gasteiger charge is 2.08. The molecular formula is C15H13NO. The van der Waals surface area contributed by atoms with Crippen molar-refractivity contribution in [2.45, 2.75) is 6.92 Å². The van der Waals surface area contributed by atoms with Crippen LogP contribution in [0.1, 0.15) is 5.56 Å². The first-order chi connectivity index (χ1) is 8.25. The van der Waals surface area contributed by atoms with Crippen molar-refractivity contribution in [1.29, 1.82) is 0 Å². The van der Waals surface area contributed by atoms with Gasteiger partial charge in [0.25, 0.3) is 0 Å². The average Bonchev–Trinajstić information content (AvgIpc) is 2.73. The second-order valence-electron chi connectivity index (χ2n) is 4.26. The predicted molar refractivity (Wildman–Crippen MR) is 70.1 cm³/mol. The molecule has 0 aliphatic heterocycles. The second kappa shape index (κ2) is 3.67. The summed E-state index contributed by atoms with van der Waals surface area (Å²) in [6.07, 6.45) is 1.92. The number of aromatic hydroxyl groups is 1. The Morgan fingerprint density at radius 3 is 2.53 bits per heavy atom. The van der Waals surface area contributed by atoms with E-state index >= 15 is 0 Å². The van der Waals surface area contributed by atoms with Gasteiger partial charge in [-0.05, 0) is 35.7 Å². The van der Waals surface area contributed by atoms with Crippen LogP contribution in [-0.2, 0) is 0 Å². The van der Waals surface area contributed by atoms with Crippen molar-refractivity contribution < 1.29 is 5.11 Å². The van der Waals surface area contributed by atoms with Crippen molar-refractivity contribution >= 4 is 10.9 Å². The van der Waals surface area contributed by atoms with Gasteiger partial charge in [-0.1, -0.05) is 30.3 Å². The van der Waals surface area contributed by atoms with Crippen LogP contribution >= 0.6 is 0 Å². The van der Waals surface area contributed by atoms with Gasteiger partial charge in [-0.15, -0.1) is 0 Å². The van der Waals surface area contributed by atoms with Crippen LogP contribution in [0.25, 0.3) is 22.0 Å². The van der Waals surface area contributed by atoms with Crippen LogP contribution in [0, 0.1) is 6.92 Å². The fraction of sp³-hybridized carbons (Fsp3) is 0.0667. The zero-order valence-electron chi connectivity index (χ0n) is 9.57. The van der Waals surface area contributed by atoms with Crippen LogP contribution < -0.4 is 0 Å². The molecule has 0 aliphatic rings. The van der Waals surface area contributed by atoms with E-state index in [-0.39, 0.29) is 0 Å². The molecule has 2 aromatic carbocycles. The molecule has 0 fully saturated rings. The molecule has 1 heterocycles. The molecule has 3 rings (SSSR count). The lowest BCUT2D eigenvalue weighted by atomic mass is 10.0. The van der Waals surface area contributed by atoms with Crippen molar-refractivity contribution in [2.75, 3.05) is 0 Å². The van der Waals surface area contributed by atoms with Crippen LogP contribution in [-0.4, -0.2) is 10.1 Å². The SMILES string of the molecule is Cc1c[nH]c2cc(-c3ccccc3)cc(O)c12. The average molecular weight is 223 g/mol. The van der Waals surface area contributed by atoms with Gasteiger partial charge in [-0.25, -0.2) is 0 Å². The lowest BCUT2D eigenvalue weighted by molar-refractivity contribution is 0.482. The third kappa shape index (κ3) is 1.58. The number of rotatable bonds is 1. The lowest BCUT2D eigenvalue weighted by Gasteiger charge is -2.04. The number of benzene rings is 2. The van der Waals surface area contributed by atoms with E-state index in [1.165, 1.54) is 0 Å². The lowest BCUT2D eigenvalue weighted by Crippen LogP contribution is -1.79. The Morgan fingerprint density at radius 1 is 1.00 bits per heavy atom. The first kappa shape index (κ1) is 9.97. The third-order valence-corrected chi connectivity index (χ3v) is 3.06. The molecule has 0 saturated heterocycles. The molecule has 1 aromatic heterocycles. The Labute approximate surface area is 99.5 Å². The number of H-pyrrole nitrogens is 1. The van der Waals surface area contributed by atoms with E-state index in [4.69, 9.17) is 0 Å². The molecule has 0 aliphatic carbocycles. The molecule has 0 saturated carbocycles. The second-order valence-corrected chi connectivity index (χ2v) is 4.26. The number of phenolic OH excluding ortho intramolecular Hbond substituents is 1. The van der Waals surface area contributed by atoms with Gasteiger partial charge in [0.15, 0.2) is 0 Å². The molecule has 0 radical (unpaired) electrons. The number of aryl methyl sites for hydroxylation is 1. The third-order valence-electron chi connectivity index (χ3n) is 3.06. The Hall–Kier alpha value is -2.22. The Balaban J connectivity index is 2.26. The van der Waals surface area contributed by atoms with Gasteiger partial charge >= 0.3 is 0 Å². The summed E-state index contributed by atoms with van der Waals surface area (Å²) in [7, 11) is 0. The zero-order valence-corrected chi connectivity index (χ0v) is 9.57. The molecule has 17 heavy (non-hydrogen) atoms. The van der Waals surface area contributed by atoms with E-state index in [1.807, 2.05) is 49.5 Å². The van der Waals surface area contributed by atoms with E-state index in [2.05, 4.69) is 11.1 Å². The summed E-state index contributed by atoms with van der Waals surface area (Å²) in [6, 6.07) is 13.9. The molecular weight excluding hydrogens is 210 g/mol. The van der Waals surface area contributed by atoms with Crippen molar-refractivity contribution in [3.05, 3.63) is 54.2 Å². The summed E-state index contributed by atoms with van der Waals surface area (Å²) in [6.45, 7) is 1.99. The fourth-order valence-electron chi connectivity index (χ4n) is 2.21. The van der Waals surface area contributed by atoms with Crippen molar-refractivity contribution in [3.8, 4) is 16.9 Å². The van der Waals surface area contributed by atoms with E-state index in [0.29, 0.717) is 5.75 Å². The number of aromatic nitrogens is 1. The highest BCUT2D eigenvalue weighted by atomic mass is 16.3. The molecule has 2 nitrogen and oxygen atoms in total. The Kier molecular flexibility index (Phi) is 2.15. The van der Waals surface area contributed by atoms with Crippen LogP contribution in [0.4, 0.5) is 0 Å². The summed E-state index contributed by atoms with van der Waals surface area (Å²) in [5, 5.41) is 11.0. The molecule has 3 aromatic rings. The van der Waals surface area contributed by atoms with Gasteiger partial charge in [-0.2, -0.15) is 0 Å². The topological polar surface area (TPSA) is 36.0 Å². The smallest absolute Gasteiger partial charge is 0.125 e. The Morgan fingerprint density at radius 2 is 1.76 bits per heavy atom. The minimum atomic E-state index is 0.333. The minimum Gasteiger partial charge on any atom is -0.507 e. The number of hydrogen-bond acceptors (Lipinski definition) is 1. The van der Waals surface area contributed by atoms with E-state index < -0.39 is 0 Å². The number of phenols is 1. The van der Waals surface area contributed by atoms with Gasteiger partial charge in [0, 0.05) is 17.1 Å². The molecule has 0 amide bonds. The highest BCUT2D eigenvalue weighted by Crippen LogP contribution is 2.33. The monoisotopic (exact) mass is 223 g/mol. The maximum Gasteiger partial charge on any atom is 0.125 e. The standard InChI is InChI=1S/C15H13NO/c1-10-9-16-13-7-12(8-14(17)15(10)13)11-5-3-2-4-6-11/h2-9,16-17H,1H3. The van der Waals surface area contributed by atoms with E-state index in [1.54, 1.807) is 0 Å². The van der Waals surface area contributed by atoms with E-state index in [0.717, 1.165) is 27.6 Å². The quantitative estimate of drug-likeness (QED) is 0.645. The number of nitrogens with one attached hydrogen (secondary N) is 1. The van der Waals surface area contributed by atoms with Gasteiger partial charge < -0.3 is 10.1 Å². The largest absolute Gasteiger partial charge is 0.507 e. The maximum atomic E-state index is 10.1. The fourth-order valence-corrected chi connectivity index (χ4v) is 2.21.